The zero-order chi connectivity index (χ0) is 10.8. The average Bonchev–Trinajstić information content (AvgIpc) is 2.98. The summed E-state index contributed by atoms with van der Waals surface area (Å²) in [4.78, 5) is 0. The molecule has 16 heavy (non-hydrogen) atoms. The molecule has 0 radical (unpaired) electrons. The van der Waals surface area contributed by atoms with Gasteiger partial charge in [-0.05, 0) is 51.0 Å². The Kier molecular flexibility index (Phi) is 3.49. The first-order chi connectivity index (χ1) is 7.93. The predicted octanol–water partition coefficient (Wildman–Crippen LogP) is 2.44. The zero-order valence-electron chi connectivity index (χ0n) is 10.4. The number of hydrogen-bond donors (Lipinski definition) is 2. The lowest BCUT2D eigenvalue weighted by Crippen LogP contribution is -2.45. The van der Waals surface area contributed by atoms with Crippen molar-refractivity contribution in [2.24, 2.45) is 5.92 Å². The van der Waals surface area contributed by atoms with Gasteiger partial charge in [-0.3, -0.25) is 0 Å². The SMILES string of the molecule is C1CCC(NC2CCCC2C2CCCN2)C1. The van der Waals surface area contributed by atoms with E-state index >= 15 is 0 Å². The first-order valence-electron chi connectivity index (χ1n) is 7.43. The second-order valence-corrected chi connectivity index (χ2v) is 6.05. The molecule has 3 aliphatic rings. The Labute approximate surface area is 99.6 Å². The maximum atomic E-state index is 3.96. The lowest BCUT2D eigenvalue weighted by molar-refractivity contribution is 0.297. The maximum Gasteiger partial charge on any atom is 0.0113 e. The van der Waals surface area contributed by atoms with Crippen molar-refractivity contribution in [2.45, 2.75) is 75.9 Å². The molecule has 2 saturated carbocycles. The van der Waals surface area contributed by atoms with Crippen LogP contribution in [0.15, 0.2) is 0 Å². The first-order valence-corrected chi connectivity index (χ1v) is 7.43. The molecule has 0 bridgehead atoms. The van der Waals surface area contributed by atoms with E-state index < -0.39 is 0 Å². The molecule has 3 rings (SSSR count). The fourth-order valence-electron chi connectivity index (χ4n) is 4.15. The van der Waals surface area contributed by atoms with Crippen molar-refractivity contribution in [1.82, 2.24) is 10.6 Å². The molecule has 1 heterocycles. The van der Waals surface area contributed by atoms with Gasteiger partial charge < -0.3 is 10.6 Å². The van der Waals surface area contributed by atoms with Crippen LogP contribution >= 0.6 is 0 Å². The summed E-state index contributed by atoms with van der Waals surface area (Å²) in [7, 11) is 0. The largest absolute Gasteiger partial charge is 0.314 e. The standard InChI is InChI=1S/C14H26N2/c1-2-6-11(5-1)16-14-8-3-7-12(14)13-9-4-10-15-13/h11-16H,1-10H2. The Hall–Kier alpha value is -0.0800. The quantitative estimate of drug-likeness (QED) is 0.766. The summed E-state index contributed by atoms with van der Waals surface area (Å²) in [6.45, 7) is 1.26. The molecule has 0 aromatic rings. The van der Waals surface area contributed by atoms with Crippen molar-refractivity contribution < 1.29 is 0 Å². The van der Waals surface area contributed by atoms with Gasteiger partial charge in [0.25, 0.3) is 0 Å². The van der Waals surface area contributed by atoms with Crippen LogP contribution in [0, 0.1) is 5.92 Å². The number of nitrogens with one attached hydrogen (secondary N) is 2. The molecule has 3 unspecified atom stereocenters. The first kappa shape index (κ1) is 11.0. The van der Waals surface area contributed by atoms with Crippen LogP contribution in [0.2, 0.25) is 0 Å². The summed E-state index contributed by atoms with van der Waals surface area (Å²) >= 11 is 0. The van der Waals surface area contributed by atoms with Crippen LogP contribution < -0.4 is 10.6 Å². The molecule has 0 aromatic heterocycles. The Balaban J connectivity index is 1.55. The smallest absolute Gasteiger partial charge is 0.0113 e. The van der Waals surface area contributed by atoms with Crippen LogP contribution in [0.5, 0.6) is 0 Å². The van der Waals surface area contributed by atoms with Gasteiger partial charge in [0.05, 0.1) is 0 Å². The summed E-state index contributed by atoms with van der Waals surface area (Å²) in [6.07, 6.45) is 12.9. The molecule has 0 spiro atoms. The predicted molar refractivity (Wildman–Crippen MR) is 67.5 cm³/mol. The lowest BCUT2D eigenvalue weighted by atomic mass is 9.92. The van der Waals surface area contributed by atoms with E-state index in [1.54, 1.807) is 0 Å². The average molecular weight is 222 g/mol. The highest BCUT2D eigenvalue weighted by Gasteiger charge is 2.35. The van der Waals surface area contributed by atoms with E-state index in [1.807, 2.05) is 0 Å². The Bertz CT molecular complexity index is 217. The van der Waals surface area contributed by atoms with E-state index in [0.717, 1.165) is 24.0 Å². The molecular formula is C14H26N2. The topological polar surface area (TPSA) is 24.1 Å². The highest BCUT2D eigenvalue weighted by Crippen LogP contribution is 2.33. The second-order valence-electron chi connectivity index (χ2n) is 6.05. The van der Waals surface area contributed by atoms with E-state index in [-0.39, 0.29) is 0 Å². The van der Waals surface area contributed by atoms with Gasteiger partial charge in [0.15, 0.2) is 0 Å². The van der Waals surface area contributed by atoms with Gasteiger partial charge in [0, 0.05) is 18.1 Å². The fraction of sp³-hybridized carbons (Fsp3) is 1.00. The molecular weight excluding hydrogens is 196 g/mol. The van der Waals surface area contributed by atoms with Crippen molar-refractivity contribution in [3.05, 3.63) is 0 Å². The van der Waals surface area contributed by atoms with E-state index in [0.29, 0.717) is 0 Å². The Morgan fingerprint density at radius 3 is 2.44 bits per heavy atom. The highest BCUT2D eigenvalue weighted by molar-refractivity contribution is 4.94. The number of hydrogen-bond acceptors (Lipinski definition) is 2. The molecule has 2 nitrogen and oxygen atoms in total. The third-order valence-corrected chi connectivity index (χ3v) is 4.99. The van der Waals surface area contributed by atoms with Crippen molar-refractivity contribution >= 4 is 0 Å². The van der Waals surface area contributed by atoms with Gasteiger partial charge >= 0.3 is 0 Å². The van der Waals surface area contributed by atoms with Crippen molar-refractivity contribution in [3.63, 3.8) is 0 Å². The third-order valence-electron chi connectivity index (χ3n) is 4.99. The van der Waals surface area contributed by atoms with Crippen LogP contribution in [0.1, 0.15) is 57.8 Å². The lowest BCUT2D eigenvalue weighted by Gasteiger charge is -2.29. The van der Waals surface area contributed by atoms with Crippen molar-refractivity contribution in [1.29, 1.82) is 0 Å². The van der Waals surface area contributed by atoms with Gasteiger partial charge in [0.1, 0.15) is 0 Å². The molecule has 92 valence electrons. The molecule has 2 heteroatoms. The zero-order valence-corrected chi connectivity index (χ0v) is 10.4. The molecule has 1 saturated heterocycles. The minimum atomic E-state index is 0.832. The van der Waals surface area contributed by atoms with Crippen LogP contribution in [0.25, 0.3) is 0 Å². The van der Waals surface area contributed by atoms with Gasteiger partial charge in [-0.2, -0.15) is 0 Å². The summed E-state index contributed by atoms with van der Waals surface area (Å²) in [5, 5.41) is 7.68. The molecule has 0 aromatic carbocycles. The number of rotatable bonds is 3. The third kappa shape index (κ3) is 2.28. The molecule has 3 fully saturated rings. The van der Waals surface area contributed by atoms with Crippen LogP contribution in [0.3, 0.4) is 0 Å². The maximum absolute atomic E-state index is 3.96. The van der Waals surface area contributed by atoms with E-state index in [9.17, 15) is 0 Å². The van der Waals surface area contributed by atoms with Gasteiger partial charge in [0.2, 0.25) is 0 Å². The monoisotopic (exact) mass is 222 g/mol. The van der Waals surface area contributed by atoms with Crippen LogP contribution in [0.4, 0.5) is 0 Å². The minimum Gasteiger partial charge on any atom is -0.314 e. The summed E-state index contributed by atoms with van der Waals surface area (Å²) < 4.78 is 0. The minimum absolute atomic E-state index is 0.832. The normalized spacial score (nSPS) is 40.9. The molecule has 1 aliphatic heterocycles. The molecule has 2 aliphatic carbocycles. The van der Waals surface area contributed by atoms with Crippen molar-refractivity contribution in [2.75, 3.05) is 6.54 Å². The Morgan fingerprint density at radius 2 is 1.69 bits per heavy atom. The van der Waals surface area contributed by atoms with Gasteiger partial charge in [-0.15, -0.1) is 0 Å². The summed E-state index contributed by atoms with van der Waals surface area (Å²) in [5.74, 6) is 0.933. The summed E-state index contributed by atoms with van der Waals surface area (Å²) in [5.41, 5.74) is 0. The molecule has 3 atom stereocenters. The van der Waals surface area contributed by atoms with Crippen molar-refractivity contribution in [3.8, 4) is 0 Å². The van der Waals surface area contributed by atoms with E-state index in [1.165, 1.54) is 64.3 Å². The Morgan fingerprint density at radius 1 is 0.812 bits per heavy atom. The van der Waals surface area contributed by atoms with Crippen LogP contribution in [-0.4, -0.2) is 24.7 Å². The highest BCUT2D eigenvalue weighted by atomic mass is 15.0. The fourth-order valence-corrected chi connectivity index (χ4v) is 4.15. The molecule has 2 N–H and O–H groups in total. The van der Waals surface area contributed by atoms with Gasteiger partial charge in [-0.1, -0.05) is 19.3 Å². The van der Waals surface area contributed by atoms with E-state index in [4.69, 9.17) is 0 Å². The second kappa shape index (κ2) is 5.05. The van der Waals surface area contributed by atoms with E-state index in [2.05, 4.69) is 10.6 Å². The van der Waals surface area contributed by atoms with Gasteiger partial charge in [-0.25, -0.2) is 0 Å². The summed E-state index contributed by atoms with van der Waals surface area (Å²) in [6, 6.07) is 2.52. The molecule has 0 amide bonds. The van der Waals surface area contributed by atoms with Crippen LogP contribution in [-0.2, 0) is 0 Å².